The second kappa shape index (κ2) is 5.05. The van der Waals surface area contributed by atoms with E-state index in [1.165, 1.54) is 18.8 Å². The topological polar surface area (TPSA) is 51.1 Å². The van der Waals surface area contributed by atoms with Crippen molar-refractivity contribution in [2.24, 2.45) is 0 Å². The molecule has 1 atom stereocenters. The third-order valence-corrected chi connectivity index (χ3v) is 3.50. The maximum atomic E-state index is 13.6. The standard InChI is InChI=1S/C13H15FN4O/c1-18-4-2-3-10(18)8-19-13-16-6-9-5-15-7-11(14)12(9)17-13/h5-7,10H,2-4,8H2,1H3/t10-/m0/s1. The molecule has 100 valence electrons. The van der Waals surface area contributed by atoms with Gasteiger partial charge in [-0.3, -0.25) is 4.98 Å². The highest BCUT2D eigenvalue weighted by Gasteiger charge is 2.21. The van der Waals surface area contributed by atoms with Crippen LogP contribution in [0.3, 0.4) is 0 Å². The van der Waals surface area contributed by atoms with Gasteiger partial charge in [-0.15, -0.1) is 0 Å². The number of aromatic nitrogens is 3. The first-order valence-electron chi connectivity index (χ1n) is 6.33. The summed E-state index contributed by atoms with van der Waals surface area (Å²) in [5, 5.41) is 0.574. The molecule has 0 radical (unpaired) electrons. The summed E-state index contributed by atoms with van der Waals surface area (Å²) in [5.41, 5.74) is 0.250. The summed E-state index contributed by atoms with van der Waals surface area (Å²) in [4.78, 5) is 14.2. The van der Waals surface area contributed by atoms with Gasteiger partial charge in [-0.2, -0.15) is 4.98 Å². The average molecular weight is 262 g/mol. The van der Waals surface area contributed by atoms with Gasteiger partial charge in [-0.1, -0.05) is 0 Å². The number of fused-ring (bicyclic) bond motifs is 1. The van der Waals surface area contributed by atoms with E-state index in [0.29, 0.717) is 18.0 Å². The molecule has 1 fully saturated rings. The molecular formula is C13H15FN4O. The highest BCUT2D eigenvalue weighted by atomic mass is 19.1. The molecule has 0 bridgehead atoms. The molecule has 1 saturated heterocycles. The zero-order valence-electron chi connectivity index (χ0n) is 10.7. The number of likely N-dealkylation sites (tertiary alicyclic amines) is 1. The molecule has 2 aromatic rings. The van der Waals surface area contributed by atoms with Crippen LogP contribution >= 0.6 is 0 Å². The smallest absolute Gasteiger partial charge is 0.317 e. The summed E-state index contributed by atoms with van der Waals surface area (Å²) in [6, 6.07) is 0.611. The van der Waals surface area contributed by atoms with Gasteiger partial charge in [-0.05, 0) is 26.4 Å². The van der Waals surface area contributed by atoms with E-state index in [1.807, 2.05) is 0 Å². The minimum absolute atomic E-state index is 0.220. The molecule has 3 rings (SSSR count). The number of ether oxygens (including phenoxy) is 1. The van der Waals surface area contributed by atoms with Crippen LogP contribution < -0.4 is 4.74 Å². The Balaban J connectivity index is 1.76. The molecule has 3 heterocycles. The molecule has 19 heavy (non-hydrogen) atoms. The monoisotopic (exact) mass is 262 g/mol. The zero-order chi connectivity index (χ0) is 13.2. The van der Waals surface area contributed by atoms with E-state index in [2.05, 4.69) is 26.9 Å². The summed E-state index contributed by atoms with van der Waals surface area (Å²) in [6.45, 7) is 1.63. The van der Waals surface area contributed by atoms with Crippen LogP contribution in [0.1, 0.15) is 12.8 Å². The normalized spacial score (nSPS) is 20.0. The summed E-state index contributed by atoms with van der Waals surface area (Å²) >= 11 is 0. The molecule has 0 spiro atoms. The molecule has 5 nitrogen and oxygen atoms in total. The van der Waals surface area contributed by atoms with Crippen molar-refractivity contribution in [3.05, 3.63) is 24.4 Å². The molecule has 1 aliphatic heterocycles. The second-order valence-corrected chi connectivity index (χ2v) is 4.80. The lowest BCUT2D eigenvalue weighted by atomic mass is 10.2. The summed E-state index contributed by atoms with van der Waals surface area (Å²) in [7, 11) is 2.08. The van der Waals surface area contributed by atoms with E-state index < -0.39 is 5.82 Å². The number of hydrogen-bond acceptors (Lipinski definition) is 5. The molecule has 0 unspecified atom stereocenters. The van der Waals surface area contributed by atoms with Crippen molar-refractivity contribution in [2.45, 2.75) is 18.9 Å². The number of halogens is 1. The average Bonchev–Trinajstić information content (AvgIpc) is 2.83. The van der Waals surface area contributed by atoms with Gasteiger partial charge in [0.2, 0.25) is 0 Å². The van der Waals surface area contributed by atoms with E-state index in [9.17, 15) is 4.39 Å². The third-order valence-electron chi connectivity index (χ3n) is 3.50. The first kappa shape index (κ1) is 12.2. The molecular weight excluding hydrogens is 247 g/mol. The van der Waals surface area contributed by atoms with Crippen LogP contribution in [-0.4, -0.2) is 46.1 Å². The largest absolute Gasteiger partial charge is 0.462 e. The fourth-order valence-corrected chi connectivity index (χ4v) is 2.34. The molecule has 0 saturated carbocycles. The highest BCUT2D eigenvalue weighted by Crippen LogP contribution is 2.18. The summed E-state index contributed by atoms with van der Waals surface area (Å²) in [6.07, 6.45) is 6.51. The minimum atomic E-state index is -0.456. The molecule has 0 N–H and O–H groups in total. The minimum Gasteiger partial charge on any atom is -0.462 e. The highest BCUT2D eigenvalue weighted by molar-refractivity contribution is 5.77. The van der Waals surface area contributed by atoms with Crippen molar-refractivity contribution < 1.29 is 9.13 Å². The van der Waals surface area contributed by atoms with E-state index in [-0.39, 0.29) is 11.5 Å². The van der Waals surface area contributed by atoms with Crippen molar-refractivity contribution in [3.63, 3.8) is 0 Å². The lowest BCUT2D eigenvalue weighted by molar-refractivity contribution is 0.188. The predicted octanol–water partition coefficient (Wildman–Crippen LogP) is 1.64. The van der Waals surface area contributed by atoms with E-state index in [0.717, 1.165) is 19.2 Å². The molecule has 2 aromatic heterocycles. The van der Waals surface area contributed by atoms with E-state index in [4.69, 9.17) is 4.74 Å². The Kier molecular flexibility index (Phi) is 3.25. The lowest BCUT2D eigenvalue weighted by Crippen LogP contribution is -2.30. The van der Waals surface area contributed by atoms with Crippen LogP contribution in [-0.2, 0) is 0 Å². The van der Waals surface area contributed by atoms with Crippen LogP contribution in [0.15, 0.2) is 18.6 Å². The lowest BCUT2D eigenvalue weighted by Gasteiger charge is -2.18. The van der Waals surface area contributed by atoms with Gasteiger partial charge in [-0.25, -0.2) is 9.37 Å². The number of nitrogens with zero attached hydrogens (tertiary/aromatic N) is 4. The van der Waals surface area contributed by atoms with Crippen LogP contribution in [0, 0.1) is 5.82 Å². The Morgan fingerprint density at radius 2 is 2.32 bits per heavy atom. The van der Waals surface area contributed by atoms with E-state index in [1.54, 1.807) is 0 Å². The molecule has 0 aliphatic carbocycles. The first-order chi connectivity index (χ1) is 9.24. The van der Waals surface area contributed by atoms with Crippen molar-refractivity contribution in [1.82, 2.24) is 19.9 Å². The maximum absolute atomic E-state index is 13.6. The fourth-order valence-electron chi connectivity index (χ4n) is 2.34. The van der Waals surface area contributed by atoms with Crippen molar-refractivity contribution >= 4 is 10.9 Å². The fraction of sp³-hybridized carbons (Fsp3) is 0.462. The summed E-state index contributed by atoms with van der Waals surface area (Å²) in [5.74, 6) is -0.456. The molecule has 1 aliphatic rings. The molecule has 0 aromatic carbocycles. The van der Waals surface area contributed by atoms with Crippen molar-refractivity contribution in [2.75, 3.05) is 20.2 Å². The Hall–Kier alpha value is -1.82. The SMILES string of the molecule is CN1CCC[C@H]1COc1ncc2cncc(F)c2n1. The molecule has 6 heteroatoms. The van der Waals surface area contributed by atoms with E-state index >= 15 is 0 Å². The number of hydrogen-bond donors (Lipinski definition) is 0. The van der Waals surface area contributed by atoms with Gasteiger partial charge in [0.15, 0.2) is 5.82 Å². The Labute approximate surface area is 110 Å². The van der Waals surface area contributed by atoms with Crippen LogP contribution in [0.25, 0.3) is 10.9 Å². The van der Waals surface area contributed by atoms with Crippen LogP contribution in [0.4, 0.5) is 4.39 Å². The Morgan fingerprint density at radius 3 is 3.11 bits per heavy atom. The molecule has 0 amide bonds. The van der Waals surface area contributed by atoms with Gasteiger partial charge in [0.25, 0.3) is 0 Å². The van der Waals surface area contributed by atoms with Crippen molar-refractivity contribution in [3.8, 4) is 6.01 Å². The van der Waals surface area contributed by atoms with Crippen LogP contribution in [0.2, 0.25) is 0 Å². The zero-order valence-corrected chi connectivity index (χ0v) is 10.7. The van der Waals surface area contributed by atoms with Gasteiger partial charge < -0.3 is 9.64 Å². The van der Waals surface area contributed by atoms with Gasteiger partial charge in [0.1, 0.15) is 12.1 Å². The van der Waals surface area contributed by atoms with Crippen LogP contribution in [0.5, 0.6) is 6.01 Å². The van der Waals surface area contributed by atoms with Gasteiger partial charge in [0.05, 0.1) is 6.20 Å². The van der Waals surface area contributed by atoms with Gasteiger partial charge >= 0.3 is 6.01 Å². The maximum Gasteiger partial charge on any atom is 0.317 e. The first-order valence-corrected chi connectivity index (χ1v) is 6.33. The number of pyridine rings is 1. The summed E-state index contributed by atoms with van der Waals surface area (Å²) < 4.78 is 19.1. The quantitative estimate of drug-likeness (QED) is 0.841. The van der Waals surface area contributed by atoms with Gasteiger partial charge in [0, 0.05) is 23.8 Å². The number of rotatable bonds is 3. The predicted molar refractivity (Wildman–Crippen MR) is 68.4 cm³/mol. The van der Waals surface area contributed by atoms with Crippen molar-refractivity contribution in [1.29, 1.82) is 0 Å². The Morgan fingerprint density at radius 1 is 1.42 bits per heavy atom. The Bertz CT molecular complexity index is 592. The number of likely N-dealkylation sites (N-methyl/N-ethyl adjacent to an activating group) is 1. The second-order valence-electron chi connectivity index (χ2n) is 4.80. The third kappa shape index (κ3) is 2.49.